The van der Waals surface area contributed by atoms with Crippen molar-refractivity contribution in [2.45, 2.75) is 93.3 Å². The first-order valence-electron chi connectivity index (χ1n) is 7.60. The molecule has 0 fully saturated rings. The van der Waals surface area contributed by atoms with Crippen LogP contribution in [-0.4, -0.2) is 17.4 Å². The van der Waals surface area contributed by atoms with Gasteiger partial charge >= 0.3 is 6.16 Å². The van der Waals surface area contributed by atoms with Gasteiger partial charge in [0.25, 0.3) is 0 Å². The van der Waals surface area contributed by atoms with E-state index < -0.39 is 17.4 Å². The molecular weight excluding hydrogens is 268 g/mol. The van der Waals surface area contributed by atoms with Crippen LogP contribution in [0.15, 0.2) is 0 Å². The molecule has 0 amide bonds. The summed E-state index contributed by atoms with van der Waals surface area (Å²) in [5.74, 6) is 0. The molecule has 0 rings (SSSR count). The Morgan fingerprint density at radius 1 is 0.714 bits per heavy atom. The van der Waals surface area contributed by atoms with Crippen molar-refractivity contribution in [2.75, 3.05) is 0 Å². The molecule has 4 nitrogen and oxygen atoms in total. The van der Waals surface area contributed by atoms with Crippen LogP contribution in [0.3, 0.4) is 0 Å². The molecule has 126 valence electrons. The molecule has 0 radical (unpaired) electrons. The van der Waals surface area contributed by atoms with Crippen LogP contribution < -0.4 is 0 Å². The summed E-state index contributed by atoms with van der Waals surface area (Å²) < 4.78 is 5.35. The first-order valence-corrected chi connectivity index (χ1v) is 7.60. The van der Waals surface area contributed by atoms with E-state index in [1.54, 1.807) is 0 Å². The van der Waals surface area contributed by atoms with Crippen molar-refractivity contribution in [3.63, 3.8) is 0 Å². The zero-order valence-corrected chi connectivity index (χ0v) is 15.5. The first kappa shape index (κ1) is 20.2. The van der Waals surface area contributed by atoms with Gasteiger partial charge in [0.15, 0.2) is 0 Å². The second-order valence-electron chi connectivity index (χ2n) is 9.51. The molecule has 0 aromatic rings. The molecule has 0 unspecified atom stereocenters. The molecule has 0 bridgehead atoms. The number of ether oxygens (including phenoxy) is 1. The van der Waals surface area contributed by atoms with Gasteiger partial charge in [-0.05, 0) is 51.4 Å². The van der Waals surface area contributed by atoms with E-state index >= 15 is 0 Å². The molecule has 0 aromatic heterocycles. The van der Waals surface area contributed by atoms with Crippen LogP contribution >= 0.6 is 0 Å². The first-order chi connectivity index (χ1) is 9.02. The summed E-state index contributed by atoms with van der Waals surface area (Å²) in [5.41, 5.74) is -0.989. The minimum atomic E-state index is -0.786. The van der Waals surface area contributed by atoms with Crippen molar-refractivity contribution in [3.05, 3.63) is 0 Å². The van der Waals surface area contributed by atoms with E-state index in [1.807, 2.05) is 27.7 Å². The Kier molecular flexibility index (Phi) is 6.31. The van der Waals surface area contributed by atoms with E-state index in [0.29, 0.717) is 0 Å². The van der Waals surface area contributed by atoms with Crippen molar-refractivity contribution < 1.29 is 19.3 Å². The lowest BCUT2D eigenvalue weighted by molar-refractivity contribution is -0.326. The Labute approximate surface area is 130 Å². The number of hydrogen-bond donors (Lipinski definition) is 0. The van der Waals surface area contributed by atoms with Crippen molar-refractivity contribution in [1.82, 2.24) is 0 Å². The molecule has 0 aliphatic heterocycles. The van der Waals surface area contributed by atoms with Crippen molar-refractivity contribution in [3.8, 4) is 0 Å². The van der Waals surface area contributed by atoms with Gasteiger partial charge in [0, 0.05) is 0 Å². The Balaban J connectivity index is 4.39. The SMILES string of the molecule is CC(C)(C)CC(C)(C)OOC(=O)OC(C)(C)CC(C)(C)C. The molecule has 4 heteroatoms. The Bertz CT molecular complexity index is 343. The highest BCUT2D eigenvalue weighted by atomic mass is 17.2. The highest BCUT2D eigenvalue weighted by molar-refractivity contribution is 5.59. The highest BCUT2D eigenvalue weighted by Gasteiger charge is 2.32. The van der Waals surface area contributed by atoms with Crippen LogP contribution in [0, 0.1) is 10.8 Å². The molecule has 0 spiro atoms. The Morgan fingerprint density at radius 2 is 1.10 bits per heavy atom. The number of rotatable bonds is 5. The standard InChI is InChI=1S/C17H34O4/c1-14(2,3)11-16(7,8)19-13(18)20-21-17(9,10)12-15(4,5)6/h11-12H2,1-10H3. The van der Waals surface area contributed by atoms with Crippen LogP contribution in [0.1, 0.15) is 82.1 Å². The summed E-state index contributed by atoms with van der Waals surface area (Å²) >= 11 is 0. The molecule has 0 heterocycles. The predicted molar refractivity (Wildman–Crippen MR) is 85.0 cm³/mol. The maximum Gasteiger partial charge on any atom is 0.541 e. The topological polar surface area (TPSA) is 44.8 Å². The Hall–Kier alpha value is -0.770. The maximum atomic E-state index is 11.8. The zero-order chi connectivity index (χ0) is 17.1. The predicted octanol–water partition coefficient (Wildman–Crippen LogP) is 5.50. The number of carbonyl (C=O) groups excluding carboxylic acids is 1. The minimum Gasteiger partial charge on any atom is -0.426 e. The van der Waals surface area contributed by atoms with E-state index in [4.69, 9.17) is 14.5 Å². The monoisotopic (exact) mass is 302 g/mol. The van der Waals surface area contributed by atoms with Crippen LogP contribution in [0.5, 0.6) is 0 Å². The fraction of sp³-hybridized carbons (Fsp3) is 0.941. The van der Waals surface area contributed by atoms with Gasteiger partial charge in [-0.2, -0.15) is 4.89 Å². The molecule has 21 heavy (non-hydrogen) atoms. The lowest BCUT2D eigenvalue weighted by Gasteiger charge is -2.33. The van der Waals surface area contributed by atoms with Gasteiger partial charge < -0.3 is 4.74 Å². The molecule has 0 saturated carbocycles. The molecule has 0 aromatic carbocycles. The molecular formula is C17H34O4. The van der Waals surface area contributed by atoms with Gasteiger partial charge in [0.1, 0.15) is 11.2 Å². The van der Waals surface area contributed by atoms with Gasteiger partial charge in [0.2, 0.25) is 0 Å². The van der Waals surface area contributed by atoms with E-state index in [-0.39, 0.29) is 10.8 Å². The average Bonchev–Trinajstić information content (AvgIpc) is 2.05. The highest BCUT2D eigenvalue weighted by Crippen LogP contribution is 2.31. The Morgan fingerprint density at radius 3 is 1.48 bits per heavy atom. The molecule has 0 atom stereocenters. The second kappa shape index (κ2) is 6.55. The number of hydrogen-bond acceptors (Lipinski definition) is 4. The maximum absolute atomic E-state index is 11.8. The van der Waals surface area contributed by atoms with Crippen LogP contribution in [-0.2, 0) is 14.5 Å². The lowest BCUT2D eigenvalue weighted by Crippen LogP contribution is -2.35. The lowest BCUT2D eigenvalue weighted by atomic mass is 9.84. The molecule has 0 aliphatic carbocycles. The van der Waals surface area contributed by atoms with Crippen LogP contribution in [0.4, 0.5) is 4.79 Å². The third kappa shape index (κ3) is 11.6. The van der Waals surface area contributed by atoms with Gasteiger partial charge in [-0.15, -0.1) is 0 Å². The molecule has 0 N–H and O–H groups in total. The summed E-state index contributed by atoms with van der Waals surface area (Å²) in [6, 6.07) is 0. The smallest absolute Gasteiger partial charge is 0.426 e. The number of carbonyl (C=O) groups is 1. The fourth-order valence-electron chi connectivity index (χ4n) is 3.01. The second-order valence-corrected chi connectivity index (χ2v) is 9.51. The van der Waals surface area contributed by atoms with E-state index in [0.717, 1.165) is 12.8 Å². The summed E-state index contributed by atoms with van der Waals surface area (Å²) in [4.78, 5) is 21.9. The van der Waals surface area contributed by atoms with Gasteiger partial charge in [-0.25, -0.2) is 4.79 Å². The van der Waals surface area contributed by atoms with Gasteiger partial charge in [-0.3, -0.25) is 4.89 Å². The zero-order valence-electron chi connectivity index (χ0n) is 15.5. The summed E-state index contributed by atoms with van der Waals surface area (Å²) in [6.45, 7) is 20.2. The van der Waals surface area contributed by atoms with Crippen molar-refractivity contribution in [1.29, 1.82) is 0 Å². The van der Waals surface area contributed by atoms with Crippen LogP contribution in [0.2, 0.25) is 0 Å². The van der Waals surface area contributed by atoms with Gasteiger partial charge in [-0.1, -0.05) is 41.5 Å². The summed E-state index contributed by atoms with van der Waals surface area (Å²) in [5, 5.41) is 0. The summed E-state index contributed by atoms with van der Waals surface area (Å²) in [7, 11) is 0. The molecule has 0 saturated heterocycles. The van der Waals surface area contributed by atoms with E-state index in [1.165, 1.54) is 0 Å². The largest absolute Gasteiger partial charge is 0.541 e. The van der Waals surface area contributed by atoms with E-state index in [2.05, 4.69) is 41.5 Å². The van der Waals surface area contributed by atoms with E-state index in [9.17, 15) is 4.79 Å². The average molecular weight is 302 g/mol. The van der Waals surface area contributed by atoms with Crippen LogP contribution in [0.25, 0.3) is 0 Å². The third-order valence-corrected chi connectivity index (χ3v) is 2.61. The minimum absolute atomic E-state index is 0.0656. The quantitative estimate of drug-likeness (QED) is 0.382. The van der Waals surface area contributed by atoms with Crippen molar-refractivity contribution >= 4 is 6.16 Å². The normalized spacial score (nSPS) is 14.0. The summed E-state index contributed by atoms with van der Waals surface area (Å²) in [6.07, 6.45) is 0.713. The molecule has 0 aliphatic rings. The fourth-order valence-corrected chi connectivity index (χ4v) is 3.01. The third-order valence-electron chi connectivity index (χ3n) is 2.61. The van der Waals surface area contributed by atoms with Gasteiger partial charge in [0.05, 0.1) is 0 Å². The van der Waals surface area contributed by atoms with Crippen molar-refractivity contribution in [2.24, 2.45) is 10.8 Å².